The van der Waals surface area contributed by atoms with E-state index < -0.39 is 0 Å². The molecule has 3 heteroatoms. The lowest BCUT2D eigenvalue weighted by Crippen LogP contribution is -2.60. The van der Waals surface area contributed by atoms with E-state index in [1.807, 2.05) is 24.3 Å². The molecular weight excluding hydrogens is 284 g/mol. The molecule has 0 saturated heterocycles. The predicted octanol–water partition coefficient (Wildman–Crippen LogP) is 4.64. The molecule has 21 heavy (non-hydrogen) atoms. The van der Waals surface area contributed by atoms with Gasteiger partial charge in [-0.2, -0.15) is 0 Å². The van der Waals surface area contributed by atoms with E-state index in [2.05, 4.69) is 27.7 Å². The zero-order valence-corrected chi connectivity index (χ0v) is 13.8. The summed E-state index contributed by atoms with van der Waals surface area (Å²) in [5.74, 6) is -0.253. The number of benzene rings is 1. The second-order valence-electron chi connectivity index (χ2n) is 6.22. The standard InChI is InChI=1S/C18H19ClO2/c1-10-11(2)18(4)15(16(20)21-5)14(17(10,18)3)12-8-6-7-9-13(12)19/h6-9H,1-5H3. The number of esters is 1. The number of rotatable bonds is 2. The Morgan fingerprint density at radius 1 is 1.10 bits per heavy atom. The lowest BCUT2D eigenvalue weighted by Gasteiger charge is -2.67. The van der Waals surface area contributed by atoms with Crippen molar-refractivity contribution in [3.63, 3.8) is 0 Å². The first-order chi connectivity index (χ1) is 9.81. The quantitative estimate of drug-likeness (QED) is 0.587. The number of hydrogen-bond acceptors (Lipinski definition) is 2. The van der Waals surface area contributed by atoms with Gasteiger partial charge in [-0.3, -0.25) is 0 Å². The number of hydrogen-bond donors (Lipinski definition) is 0. The molecule has 2 aliphatic carbocycles. The van der Waals surface area contributed by atoms with Crippen LogP contribution in [0.3, 0.4) is 0 Å². The van der Waals surface area contributed by atoms with Gasteiger partial charge in [-0.1, -0.05) is 54.8 Å². The third-order valence-corrected chi connectivity index (χ3v) is 6.17. The number of carbonyl (C=O) groups is 1. The maximum atomic E-state index is 12.3. The molecule has 2 nitrogen and oxygen atoms in total. The Morgan fingerprint density at radius 3 is 2.24 bits per heavy atom. The van der Waals surface area contributed by atoms with Gasteiger partial charge in [0, 0.05) is 15.9 Å². The highest BCUT2D eigenvalue weighted by atomic mass is 35.5. The SMILES string of the molecule is COC(=O)C1=C(c2ccccc2Cl)C2(C)C(C)=C(C)C12C. The third kappa shape index (κ3) is 1.37. The van der Waals surface area contributed by atoms with Crippen LogP contribution in [0.5, 0.6) is 0 Å². The van der Waals surface area contributed by atoms with E-state index in [0.29, 0.717) is 5.02 Å². The summed E-state index contributed by atoms with van der Waals surface area (Å²) >= 11 is 6.37. The van der Waals surface area contributed by atoms with Gasteiger partial charge in [-0.05, 0) is 31.1 Å². The molecule has 0 spiro atoms. The number of ether oxygens (including phenoxy) is 1. The molecule has 1 aromatic carbocycles. The Kier molecular flexibility index (Phi) is 2.90. The second kappa shape index (κ2) is 4.23. The highest BCUT2D eigenvalue weighted by Gasteiger charge is 2.69. The molecule has 0 heterocycles. The van der Waals surface area contributed by atoms with Crippen molar-refractivity contribution in [1.82, 2.24) is 0 Å². The zero-order valence-electron chi connectivity index (χ0n) is 13.0. The fraction of sp³-hybridized carbons (Fsp3) is 0.389. The van der Waals surface area contributed by atoms with Crippen LogP contribution >= 0.6 is 11.6 Å². The van der Waals surface area contributed by atoms with E-state index in [1.54, 1.807) is 0 Å². The Morgan fingerprint density at radius 2 is 1.67 bits per heavy atom. The van der Waals surface area contributed by atoms with Crippen LogP contribution in [0, 0.1) is 10.8 Å². The molecule has 110 valence electrons. The smallest absolute Gasteiger partial charge is 0.335 e. The van der Waals surface area contributed by atoms with Crippen molar-refractivity contribution < 1.29 is 9.53 Å². The first-order valence-corrected chi connectivity index (χ1v) is 7.46. The van der Waals surface area contributed by atoms with Crippen molar-refractivity contribution in [3.05, 3.63) is 51.6 Å². The summed E-state index contributed by atoms with van der Waals surface area (Å²) in [6, 6.07) is 7.70. The lowest BCUT2D eigenvalue weighted by molar-refractivity contribution is -0.138. The molecular formula is C18H19ClO2. The summed E-state index contributed by atoms with van der Waals surface area (Å²) in [4.78, 5) is 12.3. The monoisotopic (exact) mass is 302 g/mol. The highest BCUT2D eigenvalue weighted by Crippen LogP contribution is 2.77. The Hall–Kier alpha value is -1.54. The van der Waals surface area contributed by atoms with Gasteiger partial charge in [0.25, 0.3) is 0 Å². The summed E-state index contributed by atoms with van der Waals surface area (Å²) in [5, 5.41) is 0.675. The molecule has 1 aromatic rings. The van der Waals surface area contributed by atoms with E-state index in [1.165, 1.54) is 18.3 Å². The average molecular weight is 303 g/mol. The largest absolute Gasteiger partial charge is 0.466 e. The number of carbonyl (C=O) groups excluding carboxylic acids is 1. The van der Waals surface area contributed by atoms with Gasteiger partial charge in [0.05, 0.1) is 12.7 Å². The van der Waals surface area contributed by atoms with Gasteiger partial charge in [0.15, 0.2) is 0 Å². The van der Waals surface area contributed by atoms with Gasteiger partial charge in [0.1, 0.15) is 0 Å². The summed E-state index contributed by atoms with van der Waals surface area (Å²) in [5.41, 5.74) is 4.93. The van der Waals surface area contributed by atoms with E-state index in [-0.39, 0.29) is 16.8 Å². The fourth-order valence-electron chi connectivity index (χ4n) is 4.23. The number of halogens is 1. The first-order valence-electron chi connectivity index (χ1n) is 7.08. The molecule has 0 N–H and O–H groups in total. The van der Waals surface area contributed by atoms with Crippen molar-refractivity contribution in [1.29, 1.82) is 0 Å². The molecule has 0 aliphatic heterocycles. The normalized spacial score (nSPS) is 30.6. The highest BCUT2D eigenvalue weighted by molar-refractivity contribution is 6.33. The summed E-state index contributed by atoms with van der Waals surface area (Å²) < 4.78 is 5.03. The van der Waals surface area contributed by atoms with Crippen molar-refractivity contribution in [2.45, 2.75) is 27.7 Å². The van der Waals surface area contributed by atoms with Crippen molar-refractivity contribution >= 4 is 23.1 Å². The first kappa shape index (κ1) is 14.4. The summed E-state index contributed by atoms with van der Waals surface area (Å²) in [6.45, 7) is 8.56. The van der Waals surface area contributed by atoms with Gasteiger partial charge in [-0.15, -0.1) is 0 Å². The van der Waals surface area contributed by atoms with Crippen LogP contribution in [0.25, 0.3) is 5.57 Å². The predicted molar refractivity (Wildman–Crippen MR) is 85.0 cm³/mol. The Labute approximate surface area is 130 Å². The summed E-state index contributed by atoms with van der Waals surface area (Å²) in [7, 11) is 1.43. The maximum Gasteiger partial charge on any atom is 0.335 e. The molecule has 2 atom stereocenters. The van der Waals surface area contributed by atoms with Crippen molar-refractivity contribution in [2.75, 3.05) is 7.11 Å². The second-order valence-corrected chi connectivity index (χ2v) is 6.63. The van der Waals surface area contributed by atoms with Gasteiger partial charge in [0.2, 0.25) is 0 Å². The van der Waals surface area contributed by atoms with Crippen LogP contribution in [0.1, 0.15) is 33.3 Å². The van der Waals surface area contributed by atoms with E-state index in [4.69, 9.17) is 16.3 Å². The molecule has 0 saturated carbocycles. The third-order valence-electron chi connectivity index (χ3n) is 5.85. The number of fused-ring (bicyclic) bond motifs is 1. The minimum atomic E-state index is -0.253. The van der Waals surface area contributed by atoms with Crippen LogP contribution in [0.15, 0.2) is 41.0 Å². The molecule has 0 aromatic heterocycles. The maximum absolute atomic E-state index is 12.3. The molecule has 2 aliphatic rings. The van der Waals surface area contributed by atoms with Crippen LogP contribution in [-0.2, 0) is 9.53 Å². The Bertz CT molecular complexity index is 728. The summed E-state index contributed by atoms with van der Waals surface area (Å²) in [6.07, 6.45) is 0. The molecule has 0 bridgehead atoms. The lowest BCUT2D eigenvalue weighted by atomic mass is 9.35. The fourth-order valence-corrected chi connectivity index (χ4v) is 4.46. The topological polar surface area (TPSA) is 26.3 Å². The molecule has 0 amide bonds. The van der Waals surface area contributed by atoms with E-state index in [9.17, 15) is 4.79 Å². The van der Waals surface area contributed by atoms with Crippen LogP contribution in [0.2, 0.25) is 5.02 Å². The minimum Gasteiger partial charge on any atom is -0.466 e. The van der Waals surface area contributed by atoms with Gasteiger partial charge < -0.3 is 4.74 Å². The molecule has 3 rings (SSSR count). The molecule has 0 fully saturated rings. The van der Waals surface area contributed by atoms with Gasteiger partial charge in [-0.25, -0.2) is 4.79 Å². The zero-order chi connectivity index (χ0) is 15.6. The Balaban J connectivity index is 2.29. The number of allylic oxidation sites excluding steroid dienone is 3. The van der Waals surface area contributed by atoms with Crippen molar-refractivity contribution in [3.8, 4) is 0 Å². The van der Waals surface area contributed by atoms with E-state index in [0.717, 1.165) is 16.7 Å². The van der Waals surface area contributed by atoms with E-state index >= 15 is 0 Å². The van der Waals surface area contributed by atoms with Crippen LogP contribution < -0.4 is 0 Å². The number of methoxy groups -OCH3 is 1. The van der Waals surface area contributed by atoms with Crippen LogP contribution in [-0.4, -0.2) is 13.1 Å². The van der Waals surface area contributed by atoms with Crippen molar-refractivity contribution in [2.24, 2.45) is 10.8 Å². The average Bonchev–Trinajstić information content (AvgIpc) is 2.49. The molecule has 2 unspecified atom stereocenters. The molecule has 0 radical (unpaired) electrons. The van der Waals surface area contributed by atoms with Gasteiger partial charge >= 0.3 is 5.97 Å². The van der Waals surface area contributed by atoms with Crippen LogP contribution in [0.4, 0.5) is 0 Å². The minimum absolute atomic E-state index is 0.133.